The monoisotopic (exact) mass is 391 g/mol. The molecule has 7 heteroatoms. The summed E-state index contributed by atoms with van der Waals surface area (Å²) in [6.45, 7) is 5.03. The number of likely N-dealkylation sites (tertiary alicyclic amines) is 1. The Morgan fingerprint density at radius 2 is 1.71 bits per heavy atom. The number of urea groups is 1. The van der Waals surface area contributed by atoms with Gasteiger partial charge in [0, 0.05) is 31.7 Å². The Morgan fingerprint density at radius 1 is 1.07 bits per heavy atom. The van der Waals surface area contributed by atoms with Crippen LogP contribution in [0.25, 0.3) is 0 Å². The van der Waals surface area contributed by atoms with Gasteiger partial charge in [0.25, 0.3) is 0 Å². The molecule has 0 radical (unpaired) electrons. The lowest BCUT2D eigenvalue weighted by atomic mass is 10.0. The van der Waals surface area contributed by atoms with Crippen molar-refractivity contribution in [1.82, 2.24) is 9.80 Å². The van der Waals surface area contributed by atoms with Gasteiger partial charge in [-0.15, -0.1) is 0 Å². The van der Waals surface area contributed by atoms with E-state index in [1.165, 1.54) is 12.1 Å². The van der Waals surface area contributed by atoms with E-state index in [9.17, 15) is 18.0 Å². The van der Waals surface area contributed by atoms with Crippen molar-refractivity contribution in [1.29, 1.82) is 0 Å². The maximum atomic E-state index is 14.0. The van der Waals surface area contributed by atoms with Crippen LogP contribution >= 0.6 is 0 Å². The number of hydrogen-bond donors (Lipinski definition) is 1. The van der Waals surface area contributed by atoms with Gasteiger partial charge < -0.3 is 15.1 Å². The van der Waals surface area contributed by atoms with Crippen LogP contribution in [-0.4, -0.2) is 41.5 Å². The van der Waals surface area contributed by atoms with Crippen molar-refractivity contribution >= 4 is 11.7 Å². The molecule has 1 fully saturated rings. The molecule has 2 aromatic carbocycles. The SMILES string of the molecule is CCN1CCC(N(Cc2ccc(F)cc2)C(=O)Nc2cc(F)ccc2F)CC1. The fourth-order valence-electron chi connectivity index (χ4n) is 3.48. The van der Waals surface area contributed by atoms with Crippen LogP contribution in [0.4, 0.5) is 23.7 Å². The summed E-state index contributed by atoms with van der Waals surface area (Å²) in [4.78, 5) is 16.9. The maximum Gasteiger partial charge on any atom is 0.322 e. The predicted octanol–water partition coefficient (Wildman–Crippen LogP) is 4.62. The van der Waals surface area contributed by atoms with E-state index in [4.69, 9.17) is 0 Å². The molecule has 0 saturated carbocycles. The van der Waals surface area contributed by atoms with E-state index in [1.807, 2.05) is 0 Å². The molecule has 0 bridgehead atoms. The van der Waals surface area contributed by atoms with Crippen LogP contribution in [0.1, 0.15) is 25.3 Å². The number of anilines is 1. The van der Waals surface area contributed by atoms with Crippen LogP contribution in [0.3, 0.4) is 0 Å². The van der Waals surface area contributed by atoms with E-state index in [-0.39, 0.29) is 24.1 Å². The molecule has 0 atom stereocenters. The zero-order valence-electron chi connectivity index (χ0n) is 15.8. The minimum absolute atomic E-state index is 0.0375. The molecule has 1 aliphatic heterocycles. The first kappa shape index (κ1) is 20.2. The smallest absolute Gasteiger partial charge is 0.317 e. The zero-order valence-corrected chi connectivity index (χ0v) is 15.8. The Bertz CT molecular complexity index is 805. The Balaban J connectivity index is 1.79. The van der Waals surface area contributed by atoms with Gasteiger partial charge >= 0.3 is 6.03 Å². The summed E-state index contributed by atoms with van der Waals surface area (Å²) in [6, 6.07) is 8.35. The van der Waals surface area contributed by atoms with Crippen molar-refractivity contribution in [3.63, 3.8) is 0 Å². The van der Waals surface area contributed by atoms with E-state index in [1.54, 1.807) is 17.0 Å². The summed E-state index contributed by atoms with van der Waals surface area (Å²) in [6.07, 6.45) is 1.57. The van der Waals surface area contributed by atoms with Gasteiger partial charge in [0.05, 0.1) is 5.69 Å². The molecule has 28 heavy (non-hydrogen) atoms. The second-order valence-corrected chi connectivity index (χ2v) is 6.97. The van der Waals surface area contributed by atoms with Gasteiger partial charge in [0.1, 0.15) is 17.5 Å². The standard InChI is InChI=1S/C21H24F3N3O/c1-2-26-11-9-18(10-12-26)27(14-15-3-5-16(22)6-4-15)21(28)25-20-13-17(23)7-8-19(20)24/h3-8,13,18H,2,9-12,14H2,1H3,(H,25,28). The van der Waals surface area contributed by atoms with E-state index in [0.717, 1.165) is 56.2 Å². The van der Waals surface area contributed by atoms with E-state index in [0.29, 0.717) is 0 Å². The third-order valence-electron chi connectivity index (χ3n) is 5.14. The third-order valence-corrected chi connectivity index (χ3v) is 5.14. The lowest BCUT2D eigenvalue weighted by Gasteiger charge is -2.38. The fraction of sp³-hybridized carbons (Fsp3) is 0.381. The molecule has 0 spiro atoms. The fourth-order valence-corrected chi connectivity index (χ4v) is 3.48. The summed E-state index contributed by atoms with van der Waals surface area (Å²) in [5, 5.41) is 2.49. The molecule has 1 heterocycles. The molecule has 2 amide bonds. The van der Waals surface area contributed by atoms with E-state index in [2.05, 4.69) is 17.1 Å². The molecule has 3 rings (SSSR count). The first-order chi connectivity index (χ1) is 13.5. The van der Waals surface area contributed by atoms with Crippen LogP contribution in [0.2, 0.25) is 0 Å². The first-order valence-corrected chi connectivity index (χ1v) is 9.45. The summed E-state index contributed by atoms with van der Waals surface area (Å²) in [5.41, 5.74) is 0.578. The highest BCUT2D eigenvalue weighted by Crippen LogP contribution is 2.22. The van der Waals surface area contributed by atoms with Gasteiger partial charge in [0.2, 0.25) is 0 Å². The highest BCUT2D eigenvalue weighted by atomic mass is 19.1. The number of carbonyl (C=O) groups excluding carboxylic acids is 1. The van der Waals surface area contributed by atoms with Crippen LogP contribution in [-0.2, 0) is 6.54 Å². The van der Waals surface area contributed by atoms with Gasteiger partial charge in [-0.2, -0.15) is 0 Å². The third kappa shape index (κ3) is 5.04. The number of amides is 2. The van der Waals surface area contributed by atoms with Gasteiger partial charge in [-0.1, -0.05) is 19.1 Å². The first-order valence-electron chi connectivity index (χ1n) is 9.45. The summed E-state index contributed by atoms with van der Waals surface area (Å²) in [7, 11) is 0. The van der Waals surface area contributed by atoms with Gasteiger partial charge in [-0.3, -0.25) is 0 Å². The Morgan fingerprint density at radius 3 is 2.36 bits per heavy atom. The van der Waals surface area contributed by atoms with Crippen molar-refractivity contribution in [2.45, 2.75) is 32.4 Å². The second-order valence-electron chi connectivity index (χ2n) is 6.97. The molecule has 2 aromatic rings. The van der Waals surface area contributed by atoms with Crippen LogP contribution in [0.5, 0.6) is 0 Å². The average molecular weight is 391 g/mol. The Hall–Kier alpha value is -2.54. The lowest BCUT2D eigenvalue weighted by molar-refractivity contribution is 0.126. The average Bonchev–Trinajstić information content (AvgIpc) is 2.70. The molecule has 150 valence electrons. The molecule has 0 unspecified atom stereocenters. The number of carbonyl (C=O) groups is 1. The minimum Gasteiger partial charge on any atom is -0.317 e. The topological polar surface area (TPSA) is 35.6 Å². The largest absolute Gasteiger partial charge is 0.322 e. The Labute approximate surface area is 162 Å². The van der Waals surface area contributed by atoms with Crippen LogP contribution in [0.15, 0.2) is 42.5 Å². The summed E-state index contributed by atoms with van der Waals surface area (Å²) < 4.78 is 40.6. The molecule has 0 aromatic heterocycles. The van der Waals surface area contributed by atoms with Crippen molar-refractivity contribution in [2.75, 3.05) is 25.0 Å². The highest BCUT2D eigenvalue weighted by Gasteiger charge is 2.28. The lowest BCUT2D eigenvalue weighted by Crippen LogP contribution is -2.48. The minimum atomic E-state index is -0.697. The number of hydrogen-bond acceptors (Lipinski definition) is 2. The number of piperidine rings is 1. The van der Waals surface area contributed by atoms with E-state index >= 15 is 0 Å². The highest BCUT2D eigenvalue weighted by molar-refractivity contribution is 5.89. The van der Waals surface area contributed by atoms with Gasteiger partial charge in [-0.05, 0) is 49.2 Å². The molecule has 4 nitrogen and oxygen atoms in total. The molecule has 0 aliphatic carbocycles. The van der Waals surface area contributed by atoms with Gasteiger partial charge in [0.15, 0.2) is 0 Å². The Kier molecular flexibility index (Phi) is 6.57. The molecular weight excluding hydrogens is 367 g/mol. The number of nitrogens with zero attached hydrogens (tertiary/aromatic N) is 2. The number of nitrogens with one attached hydrogen (secondary N) is 1. The van der Waals surface area contributed by atoms with Crippen LogP contribution < -0.4 is 5.32 Å². The number of benzene rings is 2. The summed E-state index contributed by atoms with van der Waals surface area (Å²) >= 11 is 0. The maximum absolute atomic E-state index is 14.0. The van der Waals surface area contributed by atoms with Crippen molar-refractivity contribution in [3.05, 3.63) is 65.5 Å². The normalized spacial score (nSPS) is 15.4. The molecular formula is C21H24F3N3O. The zero-order chi connectivity index (χ0) is 20.1. The quantitative estimate of drug-likeness (QED) is 0.807. The van der Waals surface area contributed by atoms with Crippen molar-refractivity contribution < 1.29 is 18.0 Å². The number of rotatable bonds is 5. The van der Waals surface area contributed by atoms with Crippen molar-refractivity contribution in [3.8, 4) is 0 Å². The summed E-state index contributed by atoms with van der Waals surface area (Å²) in [5.74, 6) is -1.67. The van der Waals surface area contributed by atoms with Crippen molar-refractivity contribution in [2.24, 2.45) is 0 Å². The van der Waals surface area contributed by atoms with Gasteiger partial charge in [-0.25, -0.2) is 18.0 Å². The molecule has 1 saturated heterocycles. The molecule has 1 N–H and O–H groups in total. The molecule has 1 aliphatic rings. The predicted molar refractivity (Wildman–Crippen MR) is 102 cm³/mol. The van der Waals surface area contributed by atoms with Crippen LogP contribution in [0, 0.1) is 17.5 Å². The number of halogens is 3. The second kappa shape index (κ2) is 9.10. The van der Waals surface area contributed by atoms with E-state index < -0.39 is 17.7 Å².